The number of hydrogen-bond donors (Lipinski definition) is 2. The Balaban J connectivity index is 1.58. The van der Waals surface area contributed by atoms with E-state index in [2.05, 4.69) is 10.2 Å². The van der Waals surface area contributed by atoms with Crippen molar-refractivity contribution in [3.8, 4) is 0 Å². The van der Waals surface area contributed by atoms with Gasteiger partial charge in [-0.15, -0.1) is 0 Å². The van der Waals surface area contributed by atoms with E-state index in [9.17, 15) is 9.90 Å². The van der Waals surface area contributed by atoms with Crippen molar-refractivity contribution < 1.29 is 14.3 Å². The molecule has 6 heteroatoms. The molecule has 134 valence electrons. The molecular formula is C18H29N3O3. The minimum absolute atomic E-state index is 0.0814. The molecule has 3 heterocycles. The van der Waals surface area contributed by atoms with Gasteiger partial charge in [-0.25, -0.2) is 4.79 Å². The number of nitrogens with one attached hydrogen (secondary N) is 1. The van der Waals surface area contributed by atoms with Crippen LogP contribution in [0.4, 0.5) is 4.79 Å². The number of hydrogen-bond acceptors (Lipinski definition) is 4. The Bertz CT molecular complexity index is 514. The van der Waals surface area contributed by atoms with Crippen molar-refractivity contribution in [1.82, 2.24) is 15.1 Å². The van der Waals surface area contributed by atoms with Crippen LogP contribution in [0, 0.1) is 5.92 Å². The Morgan fingerprint density at radius 3 is 2.83 bits per heavy atom. The number of amides is 2. The molecule has 2 aliphatic rings. The Labute approximate surface area is 143 Å². The van der Waals surface area contributed by atoms with Crippen LogP contribution >= 0.6 is 0 Å². The Morgan fingerprint density at radius 2 is 2.17 bits per heavy atom. The van der Waals surface area contributed by atoms with Gasteiger partial charge in [0.15, 0.2) is 0 Å². The summed E-state index contributed by atoms with van der Waals surface area (Å²) in [5.41, 5.74) is 0. The Kier molecular flexibility index (Phi) is 5.79. The zero-order valence-electron chi connectivity index (χ0n) is 14.5. The van der Waals surface area contributed by atoms with E-state index in [1.165, 1.54) is 19.3 Å². The summed E-state index contributed by atoms with van der Waals surface area (Å²) in [5, 5.41) is 13.0. The zero-order valence-corrected chi connectivity index (χ0v) is 14.5. The van der Waals surface area contributed by atoms with Crippen LogP contribution < -0.4 is 5.32 Å². The lowest BCUT2D eigenvalue weighted by Gasteiger charge is -2.36. The number of carbonyl (C=O) groups is 1. The number of aliphatic hydroxyl groups is 1. The summed E-state index contributed by atoms with van der Waals surface area (Å²) < 4.78 is 5.61. The SMILES string of the molecule is CC1CCN(C(=O)NCC(c2ccco2)N2CCCCC2)CC1O. The molecule has 3 unspecified atom stereocenters. The van der Waals surface area contributed by atoms with Gasteiger partial charge in [-0.3, -0.25) is 4.90 Å². The molecule has 2 N–H and O–H groups in total. The number of β-amino-alcohol motifs (C(OH)–C–C–N with tert-alkyl or cyclic N) is 1. The highest BCUT2D eigenvalue weighted by Crippen LogP contribution is 2.24. The van der Waals surface area contributed by atoms with E-state index in [0.717, 1.165) is 25.3 Å². The number of likely N-dealkylation sites (tertiary alicyclic amines) is 2. The van der Waals surface area contributed by atoms with E-state index in [-0.39, 0.29) is 18.0 Å². The van der Waals surface area contributed by atoms with E-state index in [1.807, 2.05) is 19.1 Å². The molecule has 3 rings (SSSR count). The molecule has 2 aliphatic heterocycles. The van der Waals surface area contributed by atoms with E-state index in [1.54, 1.807) is 11.2 Å². The second kappa shape index (κ2) is 8.03. The van der Waals surface area contributed by atoms with Gasteiger partial charge < -0.3 is 19.7 Å². The van der Waals surface area contributed by atoms with Crippen molar-refractivity contribution >= 4 is 6.03 Å². The number of aliphatic hydroxyl groups excluding tert-OH is 1. The fourth-order valence-corrected chi connectivity index (χ4v) is 3.65. The minimum atomic E-state index is -0.424. The fraction of sp³-hybridized carbons (Fsp3) is 0.722. The summed E-state index contributed by atoms with van der Waals surface area (Å²) in [7, 11) is 0. The monoisotopic (exact) mass is 335 g/mol. The maximum atomic E-state index is 12.5. The molecule has 0 saturated carbocycles. The third kappa shape index (κ3) is 4.11. The van der Waals surface area contributed by atoms with Crippen molar-refractivity contribution in [2.75, 3.05) is 32.7 Å². The third-order valence-corrected chi connectivity index (χ3v) is 5.36. The van der Waals surface area contributed by atoms with Crippen LogP contribution in [0.2, 0.25) is 0 Å². The number of carbonyl (C=O) groups excluding carboxylic acids is 1. The van der Waals surface area contributed by atoms with Gasteiger partial charge in [-0.1, -0.05) is 13.3 Å². The first kappa shape index (κ1) is 17.3. The molecule has 1 aromatic heterocycles. The predicted molar refractivity (Wildman–Crippen MR) is 91.6 cm³/mol. The molecule has 2 amide bonds. The molecule has 0 spiro atoms. The molecule has 6 nitrogen and oxygen atoms in total. The van der Waals surface area contributed by atoms with Gasteiger partial charge in [-0.05, 0) is 50.4 Å². The summed E-state index contributed by atoms with van der Waals surface area (Å²) in [5.74, 6) is 1.17. The molecule has 2 fully saturated rings. The molecule has 3 atom stereocenters. The van der Waals surface area contributed by atoms with Gasteiger partial charge in [0, 0.05) is 19.6 Å². The van der Waals surface area contributed by atoms with Crippen LogP contribution in [-0.4, -0.2) is 59.8 Å². The number of furan rings is 1. The molecule has 2 saturated heterocycles. The number of rotatable bonds is 4. The summed E-state index contributed by atoms with van der Waals surface area (Å²) in [6.07, 6.45) is 5.78. The van der Waals surface area contributed by atoms with Crippen molar-refractivity contribution in [3.05, 3.63) is 24.2 Å². The Hall–Kier alpha value is -1.53. The van der Waals surface area contributed by atoms with Crippen molar-refractivity contribution in [2.45, 2.75) is 44.8 Å². The lowest BCUT2D eigenvalue weighted by Crippen LogP contribution is -2.51. The average Bonchev–Trinajstić information content (AvgIpc) is 3.12. The maximum absolute atomic E-state index is 12.5. The lowest BCUT2D eigenvalue weighted by atomic mass is 9.96. The zero-order chi connectivity index (χ0) is 16.9. The van der Waals surface area contributed by atoms with Crippen LogP contribution in [0.3, 0.4) is 0 Å². The average molecular weight is 335 g/mol. The van der Waals surface area contributed by atoms with E-state index in [0.29, 0.717) is 19.6 Å². The van der Waals surface area contributed by atoms with Crippen LogP contribution in [0.5, 0.6) is 0 Å². The highest BCUT2D eigenvalue weighted by atomic mass is 16.3. The number of nitrogens with zero attached hydrogens (tertiary/aromatic N) is 2. The molecule has 0 aliphatic carbocycles. The minimum Gasteiger partial charge on any atom is -0.468 e. The highest BCUT2D eigenvalue weighted by Gasteiger charge is 2.29. The van der Waals surface area contributed by atoms with Crippen LogP contribution in [0.1, 0.15) is 44.4 Å². The molecule has 24 heavy (non-hydrogen) atoms. The van der Waals surface area contributed by atoms with Gasteiger partial charge in [0.2, 0.25) is 0 Å². The fourth-order valence-electron chi connectivity index (χ4n) is 3.65. The molecular weight excluding hydrogens is 306 g/mol. The van der Waals surface area contributed by atoms with Gasteiger partial charge in [-0.2, -0.15) is 0 Å². The van der Waals surface area contributed by atoms with E-state index < -0.39 is 6.10 Å². The summed E-state index contributed by atoms with van der Waals surface area (Å²) in [4.78, 5) is 16.6. The van der Waals surface area contributed by atoms with Gasteiger partial charge in [0.25, 0.3) is 0 Å². The van der Waals surface area contributed by atoms with Crippen molar-refractivity contribution in [1.29, 1.82) is 0 Å². The van der Waals surface area contributed by atoms with Gasteiger partial charge in [0.05, 0.1) is 18.4 Å². The predicted octanol–water partition coefficient (Wildman–Crippen LogP) is 2.22. The molecule has 0 bridgehead atoms. The first-order valence-electron chi connectivity index (χ1n) is 9.13. The van der Waals surface area contributed by atoms with Crippen molar-refractivity contribution in [2.24, 2.45) is 5.92 Å². The lowest BCUT2D eigenvalue weighted by molar-refractivity contribution is 0.0428. The second-order valence-corrected chi connectivity index (χ2v) is 7.09. The topological polar surface area (TPSA) is 69.0 Å². The third-order valence-electron chi connectivity index (χ3n) is 5.36. The van der Waals surface area contributed by atoms with Gasteiger partial charge >= 0.3 is 6.03 Å². The maximum Gasteiger partial charge on any atom is 0.317 e. The first-order valence-corrected chi connectivity index (χ1v) is 9.13. The largest absolute Gasteiger partial charge is 0.468 e. The standard InChI is InChI=1S/C18H29N3O3/c1-14-7-10-21(13-16(14)22)18(23)19-12-15(17-6-5-11-24-17)20-8-3-2-4-9-20/h5-6,11,14-16,22H,2-4,7-10,12-13H2,1H3,(H,19,23). The summed E-state index contributed by atoms with van der Waals surface area (Å²) in [6, 6.07) is 3.88. The van der Waals surface area contributed by atoms with Crippen LogP contribution in [0.25, 0.3) is 0 Å². The van der Waals surface area contributed by atoms with Crippen LogP contribution in [0.15, 0.2) is 22.8 Å². The second-order valence-electron chi connectivity index (χ2n) is 7.09. The number of urea groups is 1. The molecule has 0 aromatic carbocycles. The normalized spacial score (nSPS) is 27.0. The number of piperidine rings is 2. The summed E-state index contributed by atoms with van der Waals surface area (Å²) >= 11 is 0. The highest BCUT2D eigenvalue weighted by molar-refractivity contribution is 5.74. The quantitative estimate of drug-likeness (QED) is 0.885. The van der Waals surface area contributed by atoms with Crippen molar-refractivity contribution in [3.63, 3.8) is 0 Å². The summed E-state index contributed by atoms with van der Waals surface area (Å²) in [6.45, 7) is 5.78. The van der Waals surface area contributed by atoms with Crippen LogP contribution in [-0.2, 0) is 0 Å². The Morgan fingerprint density at radius 1 is 1.38 bits per heavy atom. The molecule has 1 aromatic rings. The van der Waals surface area contributed by atoms with E-state index >= 15 is 0 Å². The van der Waals surface area contributed by atoms with E-state index in [4.69, 9.17) is 4.42 Å². The van der Waals surface area contributed by atoms with Gasteiger partial charge in [0.1, 0.15) is 5.76 Å². The molecule has 0 radical (unpaired) electrons. The first-order chi connectivity index (χ1) is 11.6. The smallest absolute Gasteiger partial charge is 0.317 e.